The standard InChI is InChI=1S/C14H7ClF4O3/c15-10-5-7(14(17,18)19)1-4-12(10)22-8-2-3-11(16)9(6-8)13(20)21/h1-6H,(H,20,21). The van der Waals surface area contributed by atoms with Crippen molar-refractivity contribution in [3.63, 3.8) is 0 Å². The van der Waals surface area contributed by atoms with Gasteiger partial charge in [0, 0.05) is 0 Å². The van der Waals surface area contributed by atoms with Crippen molar-refractivity contribution in [2.45, 2.75) is 6.18 Å². The van der Waals surface area contributed by atoms with Crippen LogP contribution in [0.15, 0.2) is 36.4 Å². The van der Waals surface area contributed by atoms with Gasteiger partial charge in [-0.3, -0.25) is 0 Å². The fourth-order valence-electron chi connectivity index (χ4n) is 1.62. The van der Waals surface area contributed by atoms with E-state index >= 15 is 0 Å². The lowest BCUT2D eigenvalue weighted by Gasteiger charge is -2.11. The maximum atomic E-state index is 13.2. The van der Waals surface area contributed by atoms with E-state index in [1.54, 1.807) is 0 Å². The van der Waals surface area contributed by atoms with E-state index in [9.17, 15) is 22.4 Å². The number of halogens is 5. The quantitative estimate of drug-likeness (QED) is 0.804. The van der Waals surface area contributed by atoms with Gasteiger partial charge in [0.05, 0.1) is 16.1 Å². The Morgan fingerprint density at radius 2 is 1.82 bits per heavy atom. The van der Waals surface area contributed by atoms with E-state index in [-0.39, 0.29) is 16.5 Å². The lowest BCUT2D eigenvalue weighted by molar-refractivity contribution is -0.137. The average Bonchev–Trinajstić information content (AvgIpc) is 2.41. The van der Waals surface area contributed by atoms with Gasteiger partial charge in [-0.2, -0.15) is 13.2 Å². The fourth-order valence-corrected chi connectivity index (χ4v) is 1.84. The van der Waals surface area contributed by atoms with Gasteiger partial charge in [-0.05, 0) is 36.4 Å². The Bertz CT molecular complexity index is 729. The number of carboxylic acids is 1. The van der Waals surface area contributed by atoms with Crippen LogP contribution in [0, 0.1) is 5.82 Å². The maximum absolute atomic E-state index is 13.2. The molecular formula is C14H7ClF4O3. The number of hydrogen-bond donors (Lipinski definition) is 1. The predicted molar refractivity (Wildman–Crippen MR) is 69.9 cm³/mol. The third-order valence-corrected chi connectivity index (χ3v) is 2.95. The molecule has 0 aliphatic rings. The summed E-state index contributed by atoms with van der Waals surface area (Å²) in [6.45, 7) is 0. The molecule has 0 saturated heterocycles. The number of carboxylic acid groups (broad SMARTS) is 1. The van der Waals surface area contributed by atoms with Crippen LogP contribution < -0.4 is 4.74 Å². The molecule has 0 saturated carbocycles. The van der Waals surface area contributed by atoms with Crippen LogP contribution in [0.3, 0.4) is 0 Å². The largest absolute Gasteiger partial charge is 0.478 e. The van der Waals surface area contributed by atoms with Gasteiger partial charge in [-0.25, -0.2) is 9.18 Å². The summed E-state index contributed by atoms with van der Waals surface area (Å²) in [6, 6.07) is 5.36. The molecule has 0 radical (unpaired) electrons. The zero-order valence-corrected chi connectivity index (χ0v) is 11.4. The molecule has 22 heavy (non-hydrogen) atoms. The number of hydrogen-bond acceptors (Lipinski definition) is 2. The summed E-state index contributed by atoms with van der Waals surface area (Å²) >= 11 is 5.70. The summed E-state index contributed by atoms with van der Waals surface area (Å²) in [6.07, 6.45) is -4.55. The molecule has 0 aliphatic carbocycles. The Kier molecular flexibility index (Phi) is 4.27. The van der Waals surface area contributed by atoms with E-state index in [0.29, 0.717) is 6.07 Å². The van der Waals surface area contributed by atoms with E-state index in [1.165, 1.54) is 0 Å². The first-order valence-corrected chi connectivity index (χ1v) is 6.13. The Morgan fingerprint density at radius 3 is 2.36 bits per heavy atom. The minimum atomic E-state index is -4.55. The molecule has 0 spiro atoms. The minimum Gasteiger partial charge on any atom is -0.478 e. The van der Waals surface area contributed by atoms with Crippen molar-refractivity contribution in [2.24, 2.45) is 0 Å². The first-order valence-electron chi connectivity index (χ1n) is 5.76. The lowest BCUT2D eigenvalue weighted by Crippen LogP contribution is -2.04. The van der Waals surface area contributed by atoms with Crippen molar-refractivity contribution >= 4 is 17.6 Å². The number of benzene rings is 2. The molecule has 0 aliphatic heterocycles. The summed E-state index contributed by atoms with van der Waals surface area (Å²) < 4.78 is 55.9. The van der Waals surface area contributed by atoms with Crippen LogP contribution in [0.2, 0.25) is 5.02 Å². The van der Waals surface area contributed by atoms with Crippen molar-refractivity contribution in [3.8, 4) is 11.5 Å². The Balaban J connectivity index is 2.32. The van der Waals surface area contributed by atoms with Crippen LogP contribution in [-0.2, 0) is 6.18 Å². The van der Waals surface area contributed by atoms with Crippen LogP contribution >= 0.6 is 11.6 Å². The third-order valence-electron chi connectivity index (χ3n) is 2.66. The van der Waals surface area contributed by atoms with Gasteiger partial charge in [0.2, 0.25) is 0 Å². The smallest absolute Gasteiger partial charge is 0.416 e. The van der Waals surface area contributed by atoms with Crippen LogP contribution in [0.1, 0.15) is 15.9 Å². The zero-order valence-electron chi connectivity index (χ0n) is 10.6. The molecular weight excluding hydrogens is 328 g/mol. The summed E-state index contributed by atoms with van der Waals surface area (Å²) in [4.78, 5) is 10.8. The maximum Gasteiger partial charge on any atom is 0.416 e. The highest BCUT2D eigenvalue weighted by Gasteiger charge is 2.31. The van der Waals surface area contributed by atoms with Crippen LogP contribution in [0.25, 0.3) is 0 Å². The molecule has 2 aromatic rings. The first-order chi connectivity index (χ1) is 10.2. The Hall–Kier alpha value is -2.28. The molecule has 1 N–H and O–H groups in total. The number of rotatable bonds is 3. The van der Waals surface area contributed by atoms with Crippen molar-refractivity contribution in [1.29, 1.82) is 0 Å². The molecule has 8 heteroatoms. The lowest BCUT2D eigenvalue weighted by atomic mass is 10.2. The zero-order chi connectivity index (χ0) is 16.5. The summed E-state index contributed by atoms with van der Waals surface area (Å²) in [5.74, 6) is -2.64. The van der Waals surface area contributed by atoms with E-state index in [0.717, 1.165) is 30.3 Å². The average molecular weight is 335 g/mol. The molecule has 0 fully saturated rings. The van der Waals surface area contributed by atoms with Crippen molar-refractivity contribution in [3.05, 3.63) is 58.4 Å². The summed E-state index contributed by atoms with van der Waals surface area (Å²) in [7, 11) is 0. The molecule has 2 aromatic carbocycles. The van der Waals surface area contributed by atoms with Crippen LogP contribution in [0.5, 0.6) is 11.5 Å². The monoisotopic (exact) mass is 334 g/mol. The van der Waals surface area contributed by atoms with Gasteiger partial charge < -0.3 is 9.84 Å². The van der Waals surface area contributed by atoms with E-state index in [2.05, 4.69) is 0 Å². The topological polar surface area (TPSA) is 46.5 Å². The van der Waals surface area contributed by atoms with Crippen molar-refractivity contribution in [2.75, 3.05) is 0 Å². The summed E-state index contributed by atoms with van der Waals surface area (Å²) in [5.41, 5.74) is -1.57. The highest BCUT2D eigenvalue weighted by molar-refractivity contribution is 6.32. The first kappa shape index (κ1) is 16.1. The molecule has 3 nitrogen and oxygen atoms in total. The molecule has 0 amide bonds. The minimum absolute atomic E-state index is 0.0690. The van der Waals surface area contributed by atoms with Gasteiger partial charge in [-0.15, -0.1) is 0 Å². The third kappa shape index (κ3) is 3.48. The molecule has 0 heterocycles. The van der Waals surface area contributed by atoms with Gasteiger partial charge in [-0.1, -0.05) is 11.6 Å². The van der Waals surface area contributed by atoms with Crippen molar-refractivity contribution < 1.29 is 32.2 Å². The van der Waals surface area contributed by atoms with E-state index in [1.807, 2.05) is 0 Å². The molecule has 0 bridgehead atoms. The van der Waals surface area contributed by atoms with Gasteiger partial charge >= 0.3 is 12.1 Å². The molecule has 0 aromatic heterocycles. The number of ether oxygens (including phenoxy) is 1. The molecule has 0 unspecified atom stereocenters. The van der Waals surface area contributed by atoms with Crippen LogP contribution in [-0.4, -0.2) is 11.1 Å². The highest BCUT2D eigenvalue weighted by Crippen LogP contribution is 2.36. The SMILES string of the molecule is O=C(O)c1cc(Oc2ccc(C(F)(F)F)cc2Cl)ccc1F. The van der Waals surface area contributed by atoms with Gasteiger partial charge in [0.1, 0.15) is 17.3 Å². The van der Waals surface area contributed by atoms with E-state index < -0.39 is 29.1 Å². The number of carbonyl (C=O) groups is 1. The predicted octanol–water partition coefficient (Wildman–Crippen LogP) is 4.99. The number of aromatic carboxylic acids is 1. The second-order valence-electron chi connectivity index (χ2n) is 4.19. The van der Waals surface area contributed by atoms with E-state index in [4.69, 9.17) is 21.4 Å². The molecule has 2 rings (SSSR count). The second-order valence-corrected chi connectivity index (χ2v) is 4.60. The number of alkyl halides is 3. The Labute approximate surface area is 126 Å². The van der Waals surface area contributed by atoms with Crippen molar-refractivity contribution in [1.82, 2.24) is 0 Å². The highest BCUT2D eigenvalue weighted by atomic mass is 35.5. The van der Waals surface area contributed by atoms with Gasteiger partial charge in [0.25, 0.3) is 0 Å². The van der Waals surface area contributed by atoms with Gasteiger partial charge in [0.15, 0.2) is 0 Å². The molecule has 0 atom stereocenters. The normalized spacial score (nSPS) is 11.3. The fraction of sp³-hybridized carbons (Fsp3) is 0.0714. The second kappa shape index (κ2) is 5.84. The summed E-state index contributed by atoms with van der Waals surface area (Å²) in [5, 5.41) is 8.48. The molecule has 116 valence electrons. The van der Waals surface area contributed by atoms with Crippen LogP contribution in [0.4, 0.5) is 17.6 Å². The Morgan fingerprint density at radius 1 is 1.14 bits per heavy atom.